The summed E-state index contributed by atoms with van der Waals surface area (Å²) in [6, 6.07) is 10.6. The molecule has 224 valence electrons. The van der Waals surface area contributed by atoms with E-state index in [2.05, 4.69) is 19.9 Å². The van der Waals surface area contributed by atoms with Crippen LogP contribution in [0, 0.1) is 13.8 Å². The summed E-state index contributed by atoms with van der Waals surface area (Å²) < 4.78 is 0. The SMILES string of the molecule is Cc1cc(-c2ncc3c(n2)N(C2CC2)C(=O)C3(C)C)ccn1.Cc1ccc(-c2cc3c(cn2)C(C)(C)C(=O)N3C2CC2)cn1. The van der Waals surface area contributed by atoms with E-state index in [0.29, 0.717) is 17.9 Å². The highest BCUT2D eigenvalue weighted by atomic mass is 16.2. The number of carbonyl (C=O) groups excluding carboxylic acids is 2. The van der Waals surface area contributed by atoms with Crippen molar-refractivity contribution < 1.29 is 9.59 Å². The van der Waals surface area contributed by atoms with Crippen LogP contribution in [-0.4, -0.2) is 48.8 Å². The lowest BCUT2D eigenvalue weighted by molar-refractivity contribution is -0.122. The lowest BCUT2D eigenvalue weighted by atomic mass is 9.87. The second kappa shape index (κ2) is 10.0. The molecule has 9 heteroatoms. The van der Waals surface area contributed by atoms with E-state index < -0.39 is 10.8 Å². The van der Waals surface area contributed by atoms with E-state index in [1.165, 1.54) is 0 Å². The standard InChI is InChI=1S/C18H19N3O.C17H18N4O/c1-11-4-5-12(9-19-11)15-8-16-14(10-20-15)18(2,3)17(22)21(16)13-6-7-13;1-10-8-11(6-7-18-10)14-19-9-13-15(20-14)21(12-4-5-12)16(22)17(13,2)3/h4-5,8-10,13H,6-7H2,1-3H3;6-9,12H,4-5H2,1-3H3. The number of pyridine rings is 3. The Bertz CT molecular complexity index is 1810. The summed E-state index contributed by atoms with van der Waals surface area (Å²) in [6.07, 6.45) is 11.6. The minimum absolute atomic E-state index is 0.141. The second-order valence-corrected chi connectivity index (χ2v) is 13.5. The van der Waals surface area contributed by atoms with E-state index in [0.717, 1.165) is 76.5 Å². The van der Waals surface area contributed by atoms with Gasteiger partial charge in [-0.1, -0.05) is 0 Å². The molecule has 0 aromatic carbocycles. The Hall–Kier alpha value is -4.53. The van der Waals surface area contributed by atoms with Crippen molar-refractivity contribution in [2.45, 2.75) is 90.1 Å². The molecule has 4 aromatic rings. The number of carbonyl (C=O) groups is 2. The van der Waals surface area contributed by atoms with Crippen molar-refractivity contribution in [2.75, 3.05) is 9.80 Å². The number of amides is 2. The van der Waals surface area contributed by atoms with Crippen molar-refractivity contribution in [1.29, 1.82) is 0 Å². The summed E-state index contributed by atoms with van der Waals surface area (Å²) in [5.74, 6) is 1.78. The second-order valence-electron chi connectivity index (χ2n) is 13.5. The lowest BCUT2D eigenvalue weighted by Gasteiger charge is -2.19. The van der Waals surface area contributed by atoms with Crippen molar-refractivity contribution in [2.24, 2.45) is 0 Å². The van der Waals surface area contributed by atoms with Crippen LogP contribution in [0.4, 0.5) is 11.5 Å². The molecule has 2 aliphatic heterocycles. The van der Waals surface area contributed by atoms with Gasteiger partial charge >= 0.3 is 0 Å². The van der Waals surface area contributed by atoms with E-state index in [1.807, 2.05) is 100 Å². The van der Waals surface area contributed by atoms with Crippen LogP contribution in [0.2, 0.25) is 0 Å². The van der Waals surface area contributed by atoms with Gasteiger partial charge in [-0.15, -0.1) is 0 Å². The van der Waals surface area contributed by atoms with Gasteiger partial charge in [0.15, 0.2) is 5.82 Å². The molecule has 2 aliphatic carbocycles. The van der Waals surface area contributed by atoms with Crippen LogP contribution >= 0.6 is 0 Å². The Morgan fingerprint density at radius 2 is 1.34 bits per heavy atom. The van der Waals surface area contributed by atoms with Crippen LogP contribution in [0.5, 0.6) is 0 Å². The lowest BCUT2D eigenvalue weighted by Crippen LogP contribution is -2.37. The highest BCUT2D eigenvalue weighted by Crippen LogP contribution is 2.48. The summed E-state index contributed by atoms with van der Waals surface area (Å²) in [6.45, 7) is 11.8. The maximum absolute atomic E-state index is 12.7. The number of fused-ring (bicyclic) bond motifs is 2. The molecule has 0 spiro atoms. The molecule has 0 saturated heterocycles. The molecule has 2 fully saturated rings. The van der Waals surface area contributed by atoms with Gasteiger partial charge in [0.2, 0.25) is 11.8 Å². The Morgan fingerprint density at radius 3 is 2.00 bits per heavy atom. The highest BCUT2D eigenvalue weighted by Gasteiger charge is 2.51. The summed E-state index contributed by atoms with van der Waals surface area (Å²) in [4.78, 5) is 51.7. The third-order valence-corrected chi connectivity index (χ3v) is 9.18. The maximum Gasteiger partial charge on any atom is 0.238 e. The monoisotopic (exact) mass is 587 g/mol. The topological polar surface area (TPSA) is 105 Å². The fraction of sp³-hybridized carbons (Fsp3) is 0.400. The van der Waals surface area contributed by atoms with Gasteiger partial charge in [0.1, 0.15) is 5.82 Å². The molecule has 8 rings (SSSR count). The van der Waals surface area contributed by atoms with Gasteiger partial charge in [0.05, 0.1) is 22.2 Å². The summed E-state index contributed by atoms with van der Waals surface area (Å²) in [5, 5.41) is 0. The number of aromatic nitrogens is 5. The largest absolute Gasteiger partial charge is 0.308 e. The number of nitrogens with zero attached hydrogens (tertiary/aromatic N) is 7. The molecule has 4 aliphatic rings. The van der Waals surface area contributed by atoms with E-state index >= 15 is 0 Å². The van der Waals surface area contributed by atoms with Gasteiger partial charge in [0.25, 0.3) is 0 Å². The average molecular weight is 588 g/mol. The van der Waals surface area contributed by atoms with Crippen LogP contribution < -0.4 is 9.80 Å². The molecule has 2 saturated carbocycles. The number of rotatable bonds is 4. The number of hydrogen-bond donors (Lipinski definition) is 0. The fourth-order valence-corrected chi connectivity index (χ4v) is 6.13. The molecule has 4 aromatic heterocycles. The Balaban J connectivity index is 0.000000142. The molecular formula is C35H37N7O2. The van der Waals surface area contributed by atoms with Crippen LogP contribution in [0.1, 0.15) is 75.9 Å². The molecule has 0 radical (unpaired) electrons. The maximum atomic E-state index is 12.7. The van der Waals surface area contributed by atoms with Gasteiger partial charge in [-0.25, -0.2) is 9.97 Å². The summed E-state index contributed by atoms with van der Waals surface area (Å²) in [7, 11) is 0. The zero-order valence-electron chi connectivity index (χ0n) is 26.1. The first-order valence-corrected chi connectivity index (χ1v) is 15.4. The summed E-state index contributed by atoms with van der Waals surface area (Å²) in [5.41, 5.74) is 6.69. The van der Waals surface area contributed by atoms with Crippen LogP contribution in [0.25, 0.3) is 22.6 Å². The van der Waals surface area contributed by atoms with Crippen molar-refractivity contribution in [1.82, 2.24) is 24.9 Å². The molecule has 9 nitrogen and oxygen atoms in total. The van der Waals surface area contributed by atoms with Gasteiger partial charge in [0, 0.05) is 70.5 Å². The molecule has 0 atom stereocenters. The van der Waals surface area contributed by atoms with E-state index in [-0.39, 0.29) is 11.8 Å². The Morgan fingerprint density at radius 1 is 0.682 bits per heavy atom. The predicted molar refractivity (Wildman–Crippen MR) is 169 cm³/mol. The van der Waals surface area contributed by atoms with Gasteiger partial charge in [-0.3, -0.25) is 29.4 Å². The third kappa shape index (κ3) is 4.66. The van der Waals surface area contributed by atoms with Gasteiger partial charge in [-0.2, -0.15) is 0 Å². The number of anilines is 2. The quantitative estimate of drug-likeness (QED) is 0.294. The molecule has 0 bridgehead atoms. The highest BCUT2D eigenvalue weighted by molar-refractivity contribution is 6.09. The summed E-state index contributed by atoms with van der Waals surface area (Å²) >= 11 is 0. The first-order valence-electron chi connectivity index (χ1n) is 15.4. The first-order chi connectivity index (χ1) is 21.0. The molecule has 0 unspecified atom stereocenters. The van der Waals surface area contributed by atoms with Crippen LogP contribution in [0.15, 0.2) is 55.1 Å². The molecule has 0 N–H and O–H groups in total. The van der Waals surface area contributed by atoms with Gasteiger partial charge in [-0.05, 0) is 97.6 Å². The molecule has 2 amide bonds. The minimum Gasteiger partial charge on any atom is -0.308 e. The van der Waals surface area contributed by atoms with E-state index in [1.54, 1.807) is 6.20 Å². The van der Waals surface area contributed by atoms with Crippen LogP contribution in [0.3, 0.4) is 0 Å². The van der Waals surface area contributed by atoms with E-state index in [4.69, 9.17) is 4.98 Å². The predicted octanol–water partition coefficient (Wildman–Crippen LogP) is 5.87. The third-order valence-electron chi connectivity index (χ3n) is 9.18. The zero-order valence-corrected chi connectivity index (χ0v) is 26.1. The molecule has 6 heterocycles. The minimum atomic E-state index is -0.537. The van der Waals surface area contributed by atoms with Crippen molar-refractivity contribution >= 4 is 23.3 Å². The Kier molecular flexibility index (Phi) is 6.43. The van der Waals surface area contributed by atoms with Crippen LogP contribution in [-0.2, 0) is 20.4 Å². The Labute approximate surface area is 257 Å². The zero-order chi connectivity index (χ0) is 31.0. The normalized spacial score (nSPS) is 19.4. The first kappa shape index (κ1) is 28.3. The average Bonchev–Trinajstić information content (AvgIpc) is 3.94. The van der Waals surface area contributed by atoms with Gasteiger partial charge < -0.3 is 4.90 Å². The number of hydrogen-bond acceptors (Lipinski definition) is 7. The number of aryl methyl sites for hydroxylation is 2. The smallest absolute Gasteiger partial charge is 0.238 e. The van der Waals surface area contributed by atoms with Crippen molar-refractivity contribution in [3.8, 4) is 22.6 Å². The molecular weight excluding hydrogens is 550 g/mol. The molecule has 44 heavy (non-hydrogen) atoms. The fourth-order valence-electron chi connectivity index (χ4n) is 6.13. The van der Waals surface area contributed by atoms with Crippen molar-refractivity contribution in [3.05, 3.63) is 77.6 Å². The van der Waals surface area contributed by atoms with Crippen molar-refractivity contribution in [3.63, 3.8) is 0 Å². The van der Waals surface area contributed by atoms with E-state index in [9.17, 15) is 9.59 Å².